The van der Waals surface area contributed by atoms with Gasteiger partial charge in [-0.05, 0) is 69.7 Å². The number of nitrogens with zero attached hydrogens (tertiary/aromatic N) is 1. The van der Waals surface area contributed by atoms with Crippen LogP contribution in [0.5, 0.6) is 0 Å². The number of nitrogens with one attached hydrogen (secondary N) is 1. The molecule has 2 rings (SSSR count). The van der Waals surface area contributed by atoms with E-state index in [0.29, 0.717) is 10.2 Å². The minimum atomic E-state index is -1.41. The summed E-state index contributed by atoms with van der Waals surface area (Å²) in [4.78, 5) is 40.9. The number of hydrogen-bond donors (Lipinski definition) is 1. The Hall–Kier alpha value is -1.16. The molecular weight excluding hydrogens is 431 g/mol. The molecule has 1 N–H and O–H groups in total. The summed E-state index contributed by atoms with van der Waals surface area (Å²) in [7, 11) is 0. The fourth-order valence-corrected chi connectivity index (χ4v) is 4.04. The van der Waals surface area contributed by atoms with Gasteiger partial charge >= 0.3 is 11.7 Å². The molecule has 0 radical (unpaired) electrons. The molecule has 2 aromatic heterocycles. The number of carbonyl (C=O) groups excluding carboxylic acids is 1. The van der Waals surface area contributed by atoms with Crippen molar-refractivity contribution in [3.63, 3.8) is 0 Å². The lowest BCUT2D eigenvalue weighted by atomic mass is 10.0. The van der Waals surface area contributed by atoms with Gasteiger partial charge < -0.3 is 4.74 Å². The first kappa shape index (κ1) is 18.2. The standard InChI is InChI=1S/C15H19IN2O4S/c1-7-8-10(23-9(7)16)17-13(21)18(11(8)19)15(5,6)12(20)22-14(2,3)4/h1-6H3,(H,17,21). The highest BCUT2D eigenvalue weighted by Crippen LogP contribution is 2.28. The molecule has 0 aliphatic heterocycles. The third-order valence-corrected chi connectivity index (χ3v) is 5.85. The first-order chi connectivity index (χ1) is 10.4. The zero-order valence-corrected chi connectivity index (χ0v) is 16.8. The Kier molecular flexibility index (Phi) is 4.53. The fraction of sp³-hybridized carbons (Fsp3) is 0.533. The number of thiophene rings is 1. The van der Waals surface area contributed by atoms with Gasteiger partial charge in [0.1, 0.15) is 16.0 Å². The van der Waals surface area contributed by atoms with Crippen LogP contribution >= 0.6 is 33.9 Å². The van der Waals surface area contributed by atoms with Crippen LogP contribution in [-0.4, -0.2) is 21.1 Å². The van der Waals surface area contributed by atoms with Crippen molar-refractivity contribution in [1.29, 1.82) is 0 Å². The topological polar surface area (TPSA) is 81.2 Å². The van der Waals surface area contributed by atoms with Gasteiger partial charge in [-0.3, -0.25) is 9.78 Å². The zero-order chi connectivity index (χ0) is 17.7. The summed E-state index contributed by atoms with van der Waals surface area (Å²) in [5, 5.41) is 0.440. The van der Waals surface area contributed by atoms with Gasteiger partial charge in [-0.15, -0.1) is 11.3 Å². The summed E-state index contributed by atoms with van der Waals surface area (Å²) in [6.45, 7) is 10.1. The highest BCUT2D eigenvalue weighted by Gasteiger charge is 2.37. The van der Waals surface area contributed by atoms with Crippen molar-refractivity contribution < 1.29 is 9.53 Å². The van der Waals surface area contributed by atoms with Gasteiger partial charge in [-0.25, -0.2) is 14.2 Å². The van der Waals surface area contributed by atoms with Crippen molar-refractivity contribution in [3.8, 4) is 0 Å². The van der Waals surface area contributed by atoms with Crippen LogP contribution in [0.4, 0.5) is 0 Å². The van der Waals surface area contributed by atoms with Crippen LogP contribution in [0.3, 0.4) is 0 Å². The van der Waals surface area contributed by atoms with Crippen molar-refractivity contribution >= 4 is 50.1 Å². The number of fused-ring (bicyclic) bond motifs is 1. The van der Waals surface area contributed by atoms with Gasteiger partial charge in [0, 0.05) is 0 Å². The largest absolute Gasteiger partial charge is 0.458 e. The van der Waals surface area contributed by atoms with E-state index in [1.54, 1.807) is 20.8 Å². The van der Waals surface area contributed by atoms with Gasteiger partial charge in [-0.1, -0.05) is 0 Å². The average molecular weight is 450 g/mol. The SMILES string of the molecule is Cc1c(I)sc2[nH]c(=O)n(C(C)(C)C(=O)OC(C)(C)C)c(=O)c12. The Labute approximate surface area is 151 Å². The molecule has 0 aliphatic carbocycles. The first-order valence-corrected chi connectivity index (χ1v) is 8.93. The lowest BCUT2D eigenvalue weighted by molar-refractivity contribution is -0.164. The second-order valence-electron chi connectivity index (χ2n) is 6.84. The number of aromatic nitrogens is 2. The molecule has 0 atom stereocenters. The number of hydrogen-bond acceptors (Lipinski definition) is 5. The molecule has 2 heterocycles. The maximum absolute atomic E-state index is 12.8. The third kappa shape index (κ3) is 3.23. The van der Waals surface area contributed by atoms with E-state index in [1.807, 2.05) is 6.92 Å². The molecule has 0 spiro atoms. The zero-order valence-electron chi connectivity index (χ0n) is 13.9. The Morgan fingerprint density at radius 2 is 1.78 bits per heavy atom. The van der Waals surface area contributed by atoms with E-state index >= 15 is 0 Å². The summed E-state index contributed by atoms with van der Waals surface area (Å²) in [6.07, 6.45) is 0. The quantitative estimate of drug-likeness (QED) is 0.564. The number of halogens is 1. The van der Waals surface area contributed by atoms with Gasteiger partial charge in [0.25, 0.3) is 5.56 Å². The number of carbonyl (C=O) groups is 1. The fourth-order valence-electron chi connectivity index (χ4n) is 2.19. The first-order valence-electron chi connectivity index (χ1n) is 7.04. The maximum Gasteiger partial charge on any atom is 0.332 e. The molecule has 126 valence electrons. The minimum absolute atomic E-state index is 0.440. The van der Waals surface area contributed by atoms with Gasteiger partial charge in [-0.2, -0.15) is 0 Å². The number of H-pyrrole nitrogens is 1. The molecule has 0 saturated heterocycles. The highest BCUT2D eigenvalue weighted by molar-refractivity contribution is 14.1. The Balaban J connectivity index is 2.72. The van der Waals surface area contributed by atoms with E-state index in [2.05, 4.69) is 27.6 Å². The molecule has 6 nitrogen and oxygen atoms in total. The number of aryl methyl sites for hydroxylation is 1. The van der Waals surface area contributed by atoms with Crippen LogP contribution < -0.4 is 11.2 Å². The van der Waals surface area contributed by atoms with E-state index in [1.165, 1.54) is 25.2 Å². The van der Waals surface area contributed by atoms with Crippen molar-refractivity contribution in [1.82, 2.24) is 9.55 Å². The summed E-state index contributed by atoms with van der Waals surface area (Å²) in [5.41, 5.74) is -2.40. The van der Waals surface area contributed by atoms with Crippen LogP contribution in [0.2, 0.25) is 0 Å². The van der Waals surface area contributed by atoms with Crippen molar-refractivity contribution in [3.05, 3.63) is 29.3 Å². The predicted molar refractivity (Wildman–Crippen MR) is 99.3 cm³/mol. The number of aromatic amines is 1. The normalized spacial score (nSPS) is 12.7. The number of ether oxygens (including phenoxy) is 1. The maximum atomic E-state index is 12.8. The van der Waals surface area contributed by atoms with E-state index < -0.39 is 28.4 Å². The Morgan fingerprint density at radius 1 is 1.22 bits per heavy atom. The molecule has 0 unspecified atom stereocenters. The van der Waals surface area contributed by atoms with Crippen LogP contribution in [-0.2, 0) is 15.1 Å². The van der Waals surface area contributed by atoms with Gasteiger partial charge in [0.15, 0.2) is 0 Å². The summed E-state index contributed by atoms with van der Waals surface area (Å²) < 4.78 is 7.24. The predicted octanol–water partition coefficient (Wildman–Crippen LogP) is 2.74. The summed E-state index contributed by atoms with van der Waals surface area (Å²) in [5.74, 6) is -0.625. The molecule has 0 bridgehead atoms. The van der Waals surface area contributed by atoms with Crippen LogP contribution in [0.15, 0.2) is 9.59 Å². The lowest BCUT2D eigenvalue weighted by Crippen LogP contribution is -2.52. The molecule has 8 heteroatoms. The average Bonchev–Trinajstić information content (AvgIpc) is 2.62. The lowest BCUT2D eigenvalue weighted by Gasteiger charge is -2.29. The van der Waals surface area contributed by atoms with E-state index in [0.717, 1.165) is 13.0 Å². The monoisotopic (exact) mass is 450 g/mol. The van der Waals surface area contributed by atoms with E-state index in [-0.39, 0.29) is 0 Å². The Morgan fingerprint density at radius 3 is 2.30 bits per heavy atom. The minimum Gasteiger partial charge on any atom is -0.458 e. The highest BCUT2D eigenvalue weighted by atomic mass is 127. The molecule has 23 heavy (non-hydrogen) atoms. The number of esters is 1. The van der Waals surface area contributed by atoms with Crippen LogP contribution in [0.25, 0.3) is 10.2 Å². The second kappa shape index (κ2) is 5.73. The molecule has 0 amide bonds. The summed E-state index contributed by atoms with van der Waals surface area (Å²) >= 11 is 3.47. The van der Waals surface area contributed by atoms with Crippen molar-refractivity contribution in [2.45, 2.75) is 52.7 Å². The molecule has 0 aromatic carbocycles. The smallest absolute Gasteiger partial charge is 0.332 e. The van der Waals surface area contributed by atoms with Crippen molar-refractivity contribution in [2.75, 3.05) is 0 Å². The van der Waals surface area contributed by atoms with Crippen LogP contribution in [0.1, 0.15) is 40.2 Å². The summed E-state index contributed by atoms with van der Waals surface area (Å²) in [6, 6.07) is 0. The van der Waals surface area contributed by atoms with Crippen LogP contribution in [0, 0.1) is 9.81 Å². The Bertz CT molecular complexity index is 899. The van der Waals surface area contributed by atoms with E-state index in [9.17, 15) is 14.4 Å². The molecular formula is C15H19IN2O4S. The second-order valence-corrected chi connectivity index (χ2v) is 9.67. The number of rotatable bonds is 2. The molecule has 2 aromatic rings. The van der Waals surface area contributed by atoms with Gasteiger partial charge in [0.05, 0.1) is 8.27 Å². The molecule has 0 aliphatic rings. The molecule has 0 saturated carbocycles. The third-order valence-electron chi connectivity index (χ3n) is 3.39. The van der Waals surface area contributed by atoms with Crippen molar-refractivity contribution in [2.24, 2.45) is 0 Å². The molecule has 0 fully saturated rings. The van der Waals surface area contributed by atoms with E-state index in [4.69, 9.17) is 4.74 Å². The van der Waals surface area contributed by atoms with Gasteiger partial charge in [0.2, 0.25) is 0 Å².